The van der Waals surface area contributed by atoms with E-state index in [1.165, 1.54) is 4.90 Å². The monoisotopic (exact) mass is 276 g/mol. The van der Waals surface area contributed by atoms with Crippen molar-refractivity contribution in [2.45, 2.75) is 32.1 Å². The molecule has 1 amide bonds. The summed E-state index contributed by atoms with van der Waals surface area (Å²) in [5.74, 6) is -0.126. The predicted octanol–water partition coefficient (Wildman–Crippen LogP) is 1.74. The van der Waals surface area contributed by atoms with Gasteiger partial charge in [-0.3, -0.25) is 9.78 Å². The van der Waals surface area contributed by atoms with Crippen molar-refractivity contribution >= 4 is 17.4 Å². The van der Waals surface area contributed by atoms with Crippen molar-refractivity contribution in [2.75, 3.05) is 11.9 Å². The Kier molecular flexibility index (Phi) is 4.22. The third kappa shape index (κ3) is 2.45. The highest BCUT2D eigenvalue weighted by molar-refractivity contribution is 6.12. The van der Waals surface area contributed by atoms with Gasteiger partial charge in [-0.05, 0) is 25.0 Å². The van der Waals surface area contributed by atoms with E-state index in [9.17, 15) is 4.79 Å². The molecule has 6 heteroatoms. The molecule has 0 radical (unpaired) electrons. The normalized spacial score (nSPS) is 18.6. The molecule has 1 heterocycles. The fourth-order valence-corrected chi connectivity index (χ4v) is 2.82. The molecule has 20 heavy (non-hydrogen) atoms. The Labute approximate surface area is 118 Å². The minimum Gasteiger partial charge on any atom is -0.409 e. The molecule has 0 unspecified atom stereocenters. The summed E-state index contributed by atoms with van der Waals surface area (Å²) in [5.41, 5.74) is 5.65. The maximum Gasteiger partial charge on any atom is 0.240 e. The molecule has 0 aromatic carbocycles. The van der Waals surface area contributed by atoms with Crippen LogP contribution in [0, 0.1) is 5.41 Å². The Bertz CT molecular complexity index is 495. The standard InChI is InChI=1S/C14H20N4O2/c1-18(11-6-5-9-16-10-11)13(19)14(12(15)17-20)7-3-2-4-8-14/h5-6,9-10,20H,2-4,7-8H2,1H3,(H2,15,17). The fraction of sp³-hybridized carbons (Fsp3) is 0.500. The molecule has 0 atom stereocenters. The third-order valence-corrected chi connectivity index (χ3v) is 4.05. The second-order valence-corrected chi connectivity index (χ2v) is 5.20. The van der Waals surface area contributed by atoms with Gasteiger partial charge in [-0.15, -0.1) is 0 Å². The van der Waals surface area contributed by atoms with Crippen molar-refractivity contribution in [2.24, 2.45) is 16.3 Å². The molecular weight excluding hydrogens is 256 g/mol. The van der Waals surface area contributed by atoms with Gasteiger partial charge in [0, 0.05) is 13.2 Å². The van der Waals surface area contributed by atoms with Crippen molar-refractivity contribution < 1.29 is 10.0 Å². The maximum absolute atomic E-state index is 12.8. The highest BCUT2D eigenvalue weighted by Gasteiger charge is 2.45. The first-order chi connectivity index (χ1) is 9.62. The number of nitrogens with two attached hydrogens (primary N) is 1. The molecule has 2 rings (SSSR count). The molecule has 1 saturated carbocycles. The van der Waals surface area contributed by atoms with Crippen LogP contribution in [0.5, 0.6) is 0 Å². The molecule has 3 N–H and O–H groups in total. The molecule has 0 bridgehead atoms. The van der Waals surface area contributed by atoms with Gasteiger partial charge in [0.1, 0.15) is 5.41 Å². The number of amidine groups is 1. The molecule has 108 valence electrons. The highest BCUT2D eigenvalue weighted by atomic mass is 16.4. The van der Waals surface area contributed by atoms with E-state index in [-0.39, 0.29) is 11.7 Å². The van der Waals surface area contributed by atoms with Crippen molar-refractivity contribution in [3.05, 3.63) is 24.5 Å². The molecule has 1 aliphatic carbocycles. The van der Waals surface area contributed by atoms with Gasteiger partial charge in [-0.25, -0.2) is 0 Å². The van der Waals surface area contributed by atoms with Crippen LogP contribution in [0.3, 0.4) is 0 Å². The summed E-state index contributed by atoms with van der Waals surface area (Å²) < 4.78 is 0. The van der Waals surface area contributed by atoms with Gasteiger partial charge >= 0.3 is 0 Å². The Morgan fingerprint density at radius 3 is 2.70 bits per heavy atom. The lowest BCUT2D eigenvalue weighted by atomic mass is 9.72. The van der Waals surface area contributed by atoms with E-state index in [0.29, 0.717) is 18.5 Å². The van der Waals surface area contributed by atoms with Crippen LogP contribution in [-0.2, 0) is 4.79 Å². The van der Waals surface area contributed by atoms with E-state index in [1.807, 2.05) is 6.07 Å². The second kappa shape index (κ2) is 5.90. The lowest BCUT2D eigenvalue weighted by molar-refractivity contribution is -0.126. The summed E-state index contributed by atoms with van der Waals surface area (Å²) in [4.78, 5) is 18.4. The van der Waals surface area contributed by atoms with E-state index >= 15 is 0 Å². The number of hydrogen-bond donors (Lipinski definition) is 2. The first kappa shape index (κ1) is 14.3. The number of oxime groups is 1. The molecule has 1 aliphatic rings. The van der Waals surface area contributed by atoms with E-state index in [1.54, 1.807) is 25.5 Å². The number of hydrogen-bond acceptors (Lipinski definition) is 4. The summed E-state index contributed by atoms with van der Waals surface area (Å²) in [5, 5.41) is 12.1. The van der Waals surface area contributed by atoms with Gasteiger partial charge in [-0.2, -0.15) is 0 Å². The van der Waals surface area contributed by atoms with Crippen LogP contribution in [0.1, 0.15) is 32.1 Å². The van der Waals surface area contributed by atoms with Crippen molar-refractivity contribution in [3.63, 3.8) is 0 Å². The summed E-state index contributed by atoms with van der Waals surface area (Å²) in [6.07, 6.45) is 7.40. The number of carbonyl (C=O) groups is 1. The lowest BCUT2D eigenvalue weighted by Gasteiger charge is -2.37. The molecule has 1 aromatic rings. The number of anilines is 1. The number of pyridine rings is 1. The van der Waals surface area contributed by atoms with Crippen molar-refractivity contribution in [1.82, 2.24) is 4.98 Å². The zero-order chi connectivity index (χ0) is 14.6. The number of nitrogens with zero attached hydrogens (tertiary/aromatic N) is 3. The Balaban J connectivity index is 2.32. The Morgan fingerprint density at radius 1 is 1.45 bits per heavy atom. The minimum atomic E-state index is -0.891. The van der Waals surface area contributed by atoms with E-state index < -0.39 is 5.41 Å². The average Bonchev–Trinajstić information content (AvgIpc) is 2.54. The smallest absolute Gasteiger partial charge is 0.240 e. The third-order valence-electron chi connectivity index (χ3n) is 4.05. The lowest BCUT2D eigenvalue weighted by Crippen LogP contribution is -2.51. The van der Waals surface area contributed by atoms with E-state index in [4.69, 9.17) is 10.9 Å². The second-order valence-electron chi connectivity index (χ2n) is 5.20. The summed E-state index contributed by atoms with van der Waals surface area (Å²) in [6.45, 7) is 0. The quantitative estimate of drug-likeness (QED) is 0.381. The summed E-state index contributed by atoms with van der Waals surface area (Å²) in [7, 11) is 1.69. The maximum atomic E-state index is 12.8. The molecule has 0 saturated heterocycles. The van der Waals surface area contributed by atoms with Crippen LogP contribution in [0.25, 0.3) is 0 Å². The number of carbonyl (C=O) groups excluding carboxylic acids is 1. The zero-order valence-corrected chi connectivity index (χ0v) is 11.6. The topological polar surface area (TPSA) is 91.8 Å². The van der Waals surface area contributed by atoms with Crippen LogP contribution >= 0.6 is 0 Å². The van der Waals surface area contributed by atoms with Gasteiger partial charge in [0.05, 0.1) is 11.9 Å². The molecule has 1 aromatic heterocycles. The largest absolute Gasteiger partial charge is 0.409 e. The minimum absolute atomic E-state index is 0.0120. The summed E-state index contributed by atoms with van der Waals surface area (Å²) in [6, 6.07) is 3.59. The number of rotatable bonds is 3. The highest BCUT2D eigenvalue weighted by Crippen LogP contribution is 2.38. The van der Waals surface area contributed by atoms with Gasteiger partial charge in [-0.1, -0.05) is 24.4 Å². The molecular formula is C14H20N4O2. The SMILES string of the molecule is CN(C(=O)C1(C(N)=NO)CCCCC1)c1cccnc1. The number of amides is 1. The average molecular weight is 276 g/mol. The molecule has 1 fully saturated rings. The van der Waals surface area contributed by atoms with Crippen LogP contribution in [0.15, 0.2) is 29.7 Å². The van der Waals surface area contributed by atoms with Crippen molar-refractivity contribution in [1.29, 1.82) is 0 Å². The van der Waals surface area contributed by atoms with Gasteiger partial charge < -0.3 is 15.8 Å². The van der Waals surface area contributed by atoms with Crippen LogP contribution < -0.4 is 10.6 Å². The van der Waals surface area contributed by atoms with E-state index in [0.717, 1.165) is 19.3 Å². The zero-order valence-electron chi connectivity index (χ0n) is 11.6. The summed E-state index contributed by atoms with van der Waals surface area (Å²) >= 11 is 0. The molecule has 6 nitrogen and oxygen atoms in total. The predicted molar refractivity (Wildman–Crippen MR) is 76.6 cm³/mol. The van der Waals surface area contributed by atoms with Crippen LogP contribution in [0.4, 0.5) is 5.69 Å². The van der Waals surface area contributed by atoms with Crippen LogP contribution in [0.2, 0.25) is 0 Å². The molecule has 0 aliphatic heterocycles. The van der Waals surface area contributed by atoms with Crippen molar-refractivity contribution in [3.8, 4) is 0 Å². The first-order valence-corrected chi connectivity index (χ1v) is 6.78. The van der Waals surface area contributed by atoms with Gasteiger partial charge in [0.2, 0.25) is 5.91 Å². The van der Waals surface area contributed by atoms with Gasteiger partial charge in [0.25, 0.3) is 0 Å². The Hall–Kier alpha value is -2.11. The fourth-order valence-electron chi connectivity index (χ4n) is 2.82. The first-order valence-electron chi connectivity index (χ1n) is 6.78. The number of aromatic nitrogens is 1. The van der Waals surface area contributed by atoms with E-state index in [2.05, 4.69) is 10.1 Å². The Morgan fingerprint density at radius 2 is 2.15 bits per heavy atom. The van der Waals surface area contributed by atoms with Crippen LogP contribution in [-0.4, -0.2) is 29.0 Å². The molecule has 0 spiro atoms. The van der Waals surface area contributed by atoms with Gasteiger partial charge in [0.15, 0.2) is 5.84 Å².